The molecule has 0 saturated heterocycles. The fourth-order valence-corrected chi connectivity index (χ4v) is 4.49. The molecule has 0 saturated carbocycles. The Hall–Kier alpha value is -2.75. The molecule has 8 nitrogen and oxygen atoms in total. The summed E-state index contributed by atoms with van der Waals surface area (Å²) in [4.78, 5) is 39.0. The van der Waals surface area contributed by atoms with Crippen molar-refractivity contribution in [2.45, 2.75) is 51.7 Å². The molecule has 34 heavy (non-hydrogen) atoms. The molecule has 0 aromatic heterocycles. The van der Waals surface area contributed by atoms with E-state index >= 15 is 0 Å². The van der Waals surface area contributed by atoms with Gasteiger partial charge in [-0.05, 0) is 82.5 Å². The van der Waals surface area contributed by atoms with Crippen LogP contribution in [0.2, 0.25) is 5.02 Å². The normalized spacial score (nSPS) is 13.9. The number of sulfonamides is 1. The van der Waals surface area contributed by atoms with Crippen LogP contribution in [0.5, 0.6) is 0 Å². The molecule has 0 spiro atoms. The van der Waals surface area contributed by atoms with Crippen molar-refractivity contribution in [2.75, 3.05) is 16.8 Å². The molecule has 0 fully saturated rings. The highest BCUT2D eigenvalue weighted by atomic mass is 35.5. The van der Waals surface area contributed by atoms with Crippen LogP contribution in [0.4, 0.5) is 11.4 Å². The van der Waals surface area contributed by atoms with E-state index in [-0.39, 0.29) is 24.4 Å². The highest BCUT2D eigenvalue weighted by Crippen LogP contribution is 2.33. The lowest BCUT2D eigenvalue weighted by molar-refractivity contribution is -0.116. The topological polar surface area (TPSA) is 113 Å². The predicted octanol–water partition coefficient (Wildman–Crippen LogP) is 4.28. The summed E-state index contributed by atoms with van der Waals surface area (Å²) in [6.07, 6.45) is 1.29. The summed E-state index contributed by atoms with van der Waals surface area (Å²) in [5.41, 5.74) is 2.19. The molecular weight excluding hydrogens is 478 g/mol. The Bertz CT molecular complexity index is 1250. The molecule has 1 heterocycles. The number of rotatable bonds is 8. The first-order valence-corrected chi connectivity index (χ1v) is 12.8. The van der Waals surface area contributed by atoms with E-state index in [9.17, 15) is 22.8 Å². The smallest absolute Gasteiger partial charge is 0.266 e. The van der Waals surface area contributed by atoms with Gasteiger partial charge in [0.25, 0.3) is 11.8 Å². The van der Waals surface area contributed by atoms with Gasteiger partial charge in [-0.1, -0.05) is 11.6 Å². The van der Waals surface area contributed by atoms with E-state index in [1.54, 1.807) is 52.0 Å². The van der Waals surface area contributed by atoms with Crippen LogP contribution >= 0.6 is 11.6 Å². The van der Waals surface area contributed by atoms with E-state index in [0.717, 1.165) is 4.90 Å². The molecule has 3 rings (SSSR count). The monoisotopic (exact) mass is 505 g/mol. The summed E-state index contributed by atoms with van der Waals surface area (Å²) in [5, 5.41) is 3.17. The number of hydrogen-bond donors (Lipinski definition) is 2. The molecule has 1 aliphatic heterocycles. The first kappa shape index (κ1) is 25.9. The second-order valence-corrected chi connectivity index (χ2v) is 12.1. The summed E-state index contributed by atoms with van der Waals surface area (Å²) in [6, 6.07) is 9.54. The van der Waals surface area contributed by atoms with Gasteiger partial charge in [0.15, 0.2) is 0 Å². The lowest BCUT2D eigenvalue weighted by atomic mass is 10.1. The number of aryl methyl sites for hydroxylation is 1. The van der Waals surface area contributed by atoms with Crippen molar-refractivity contribution >= 4 is 50.7 Å². The van der Waals surface area contributed by atoms with Gasteiger partial charge in [0.1, 0.15) is 0 Å². The first-order chi connectivity index (χ1) is 15.8. The quantitative estimate of drug-likeness (QED) is 0.411. The number of carbonyl (C=O) groups excluding carboxylic acids is 3. The number of fused-ring (bicyclic) bond motifs is 1. The van der Waals surface area contributed by atoms with Crippen molar-refractivity contribution in [3.63, 3.8) is 0 Å². The molecule has 3 amide bonds. The molecule has 0 unspecified atom stereocenters. The Morgan fingerprint density at radius 3 is 2.32 bits per heavy atom. The van der Waals surface area contributed by atoms with Crippen molar-refractivity contribution in [3.8, 4) is 0 Å². The molecule has 2 N–H and O–H groups in total. The van der Waals surface area contributed by atoms with Gasteiger partial charge in [-0.25, -0.2) is 18.0 Å². The van der Waals surface area contributed by atoms with Crippen LogP contribution < -0.4 is 14.9 Å². The third-order valence-electron chi connectivity index (χ3n) is 5.50. The molecule has 0 bridgehead atoms. The van der Waals surface area contributed by atoms with Crippen LogP contribution in [0.15, 0.2) is 36.4 Å². The number of halogens is 1. The average molecular weight is 506 g/mol. The third-order valence-corrected chi connectivity index (χ3v) is 7.93. The van der Waals surface area contributed by atoms with E-state index in [1.807, 2.05) is 0 Å². The van der Waals surface area contributed by atoms with E-state index < -0.39 is 26.6 Å². The Kier molecular flexibility index (Phi) is 7.50. The maximum atomic E-state index is 12.8. The zero-order valence-corrected chi connectivity index (χ0v) is 21.1. The van der Waals surface area contributed by atoms with E-state index in [1.165, 1.54) is 12.1 Å². The van der Waals surface area contributed by atoms with Gasteiger partial charge in [-0.15, -0.1) is 0 Å². The molecule has 0 radical (unpaired) electrons. The van der Waals surface area contributed by atoms with Gasteiger partial charge in [0.05, 0.1) is 21.6 Å². The van der Waals surface area contributed by atoms with E-state index in [2.05, 4.69) is 10.0 Å². The predicted molar refractivity (Wildman–Crippen MR) is 133 cm³/mol. The number of nitrogens with one attached hydrogen (secondary N) is 2. The number of unbranched alkanes of at least 4 members (excludes halogenated alkanes) is 1. The maximum absolute atomic E-state index is 12.8. The van der Waals surface area contributed by atoms with Gasteiger partial charge in [0.2, 0.25) is 15.9 Å². The fourth-order valence-electron chi connectivity index (χ4n) is 3.47. The Labute approximate surface area is 204 Å². The summed E-state index contributed by atoms with van der Waals surface area (Å²) in [6.45, 7) is 6.90. The minimum atomic E-state index is -3.40. The molecule has 2 aromatic rings. The number of nitrogens with zero attached hydrogens (tertiary/aromatic N) is 1. The van der Waals surface area contributed by atoms with Crippen molar-refractivity contribution in [2.24, 2.45) is 0 Å². The average Bonchev–Trinajstić information content (AvgIpc) is 2.97. The van der Waals surface area contributed by atoms with Crippen LogP contribution in [0.3, 0.4) is 0 Å². The number of carbonyl (C=O) groups is 3. The molecule has 182 valence electrons. The fraction of sp³-hybridized carbons (Fsp3) is 0.375. The zero-order chi connectivity index (χ0) is 25.3. The van der Waals surface area contributed by atoms with Crippen LogP contribution in [-0.2, 0) is 14.8 Å². The number of hydrogen-bond acceptors (Lipinski definition) is 5. The van der Waals surface area contributed by atoms with Crippen molar-refractivity contribution in [3.05, 3.63) is 58.1 Å². The van der Waals surface area contributed by atoms with Gasteiger partial charge < -0.3 is 5.32 Å². The zero-order valence-electron chi connectivity index (χ0n) is 19.6. The number of amides is 3. The van der Waals surface area contributed by atoms with Crippen LogP contribution in [0.1, 0.15) is 66.3 Å². The van der Waals surface area contributed by atoms with Crippen molar-refractivity contribution in [1.82, 2.24) is 4.72 Å². The summed E-state index contributed by atoms with van der Waals surface area (Å²) in [7, 11) is -3.40. The van der Waals surface area contributed by atoms with Crippen LogP contribution in [0.25, 0.3) is 0 Å². The van der Waals surface area contributed by atoms with Crippen LogP contribution in [-0.4, -0.2) is 37.4 Å². The lowest BCUT2D eigenvalue weighted by Crippen LogP contribution is -2.39. The van der Waals surface area contributed by atoms with Crippen molar-refractivity contribution in [1.29, 1.82) is 0 Å². The highest BCUT2D eigenvalue weighted by Gasteiger charge is 2.37. The second-order valence-electron chi connectivity index (χ2n) is 9.15. The molecule has 1 aliphatic rings. The summed E-state index contributed by atoms with van der Waals surface area (Å²) in [5.74, 6) is -1.07. The van der Waals surface area contributed by atoms with Gasteiger partial charge in [0, 0.05) is 23.7 Å². The minimum Gasteiger partial charge on any atom is -0.326 e. The largest absolute Gasteiger partial charge is 0.326 e. The molecule has 10 heteroatoms. The van der Waals surface area contributed by atoms with Crippen molar-refractivity contribution < 1.29 is 22.8 Å². The minimum absolute atomic E-state index is 0.207. The van der Waals surface area contributed by atoms with Gasteiger partial charge in [-0.3, -0.25) is 14.4 Å². The Balaban J connectivity index is 1.56. The maximum Gasteiger partial charge on any atom is 0.266 e. The number of benzene rings is 2. The SMILES string of the molecule is Cc1cc(NC(=O)CCCCNS(=O)(=O)C(C)(C)C)ccc1N1C(=O)c2ccc(Cl)cc2C1=O. The molecule has 0 atom stereocenters. The first-order valence-electron chi connectivity index (χ1n) is 10.9. The Morgan fingerprint density at radius 1 is 1.00 bits per heavy atom. The third kappa shape index (κ3) is 5.48. The second kappa shape index (κ2) is 9.85. The molecule has 0 aliphatic carbocycles. The number of anilines is 2. The van der Waals surface area contributed by atoms with Gasteiger partial charge >= 0.3 is 0 Å². The van der Waals surface area contributed by atoms with Crippen LogP contribution in [0, 0.1) is 6.92 Å². The number of imide groups is 1. The highest BCUT2D eigenvalue weighted by molar-refractivity contribution is 7.90. The standard InChI is InChI=1S/C24H28ClN3O5S/c1-15-13-17(27-21(29)7-5-6-12-26-34(32,33)24(2,3)4)9-11-20(15)28-22(30)18-10-8-16(25)14-19(18)23(28)31/h8-11,13-14,26H,5-7,12H2,1-4H3,(H,27,29). The van der Waals surface area contributed by atoms with E-state index in [4.69, 9.17) is 11.6 Å². The lowest BCUT2D eigenvalue weighted by Gasteiger charge is -2.19. The molecule has 2 aromatic carbocycles. The summed E-state index contributed by atoms with van der Waals surface area (Å²) >= 11 is 5.97. The van der Waals surface area contributed by atoms with E-state index in [0.29, 0.717) is 40.4 Å². The Morgan fingerprint density at radius 2 is 1.68 bits per heavy atom. The molecular formula is C24H28ClN3O5S. The summed E-state index contributed by atoms with van der Waals surface area (Å²) < 4.78 is 25.7. The van der Waals surface area contributed by atoms with Gasteiger partial charge in [-0.2, -0.15) is 0 Å².